The van der Waals surface area contributed by atoms with Gasteiger partial charge in [-0.25, -0.2) is 0 Å². The van der Waals surface area contributed by atoms with E-state index in [1.807, 2.05) is 13.1 Å². The zero-order chi connectivity index (χ0) is 14.7. The van der Waals surface area contributed by atoms with Crippen molar-refractivity contribution in [2.24, 2.45) is 5.84 Å². The summed E-state index contributed by atoms with van der Waals surface area (Å²) in [6.45, 7) is 3.47. The number of ether oxygens (including phenoxy) is 1. The molecule has 2 rings (SSSR count). The third-order valence-electron chi connectivity index (χ3n) is 3.75. The summed E-state index contributed by atoms with van der Waals surface area (Å²) in [4.78, 5) is 12.7. The lowest BCUT2D eigenvalue weighted by Crippen LogP contribution is -2.36. The normalized spacial score (nSPS) is 22.2. The fraction of sp³-hybridized carbons (Fsp3) is 0.538. The molecular weight excluding hydrogens is 260 g/mol. The molecule has 0 saturated carbocycles. The molecule has 0 radical (unpaired) electrons. The molecule has 1 aliphatic rings. The Morgan fingerprint density at radius 2 is 2.35 bits per heavy atom. The zero-order valence-corrected chi connectivity index (χ0v) is 11.7. The molecule has 20 heavy (non-hydrogen) atoms. The first-order chi connectivity index (χ1) is 9.52. The predicted molar refractivity (Wildman–Crippen MR) is 76.2 cm³/mol. The Morgan fingerprint density at radius 3 is 2.90 bits per heavy atom. The van der Waals surface area contributed by atoms with Crippen LogP contribution < -0.4 is 11.3 Å². The van der Waals surface area contributed by atoms with Crippen LogP contribution >= 0.6 is 0 Å². The molecule has 2 atom stereocenters. The van der Waals surface area contributed by atoms with E-state index >= 15 is 0 Å². The van der Waals surface area contributed by atoms with Crippen LogP contribution in [0.3, 0.4) is 0 Å². The van der Waals surface area contributed by atoms with Crippen LogP contribution in [0.4, 0.5) is 11.4 Å². The van der Waals surface area contributed by atoms with Crippen molar-refractivity contribution in [3.05, 3.63) is 33.9 Å². The van der Waals surface area contributed by atoms with Crippen LogP contribution in [0.15, 0.2) is 18.2 Å². The van der Waals surface area contributed by atoms with Gasteiger partial charge in [0.05, 0.1) is 11.0 Å². The first kappa shape index (κ1) is 14.7. The highest BCUT2D eigenvalue weighted by Crippen LogP contribution is 2.26. The molecule has 0 spiro atoms. The van der Waals surface area contributed by atoms with Crippen molar-refractivity contribution in [2.45, 2.75) is 32.0 Å². The molecule has 0 amide bonds. The monoisotopic (exact) mass is 280 g/mol. The van der Waals surface area contributed by atoms with E-state index in [0.29, 0.717) is 18.3 Å². The van der Waals surface area contributed by atoms with E-state index in [1.165, 1.54) is 0 Å². The van der Waals surface area contributed by atoms with Gasteiger partial charge in [-0.15, -0.1) is 0 Å². The van der Waals surface area contributed by atoms with Gasteiger partial charge >= 0.3 is 0 Å². The van der Waals surface area contributed by atoms with Crippen LogP contribution in [0.25, 0.3) is 0 Å². The highest BCUT2D eigenvalue weighted by atomic mass is 16.6. The first-order valence-corrected chi connectivity index (χ1v) is 6.58. The smallest absolute Gasteiger partial charge is 0.293 e. The number of nitro groups is 1. The quantitative estimate of drug-likeness (QED) is 0.482. The van der Waals surface area contributed by atoms with E-state index in [4.69, 9.17) is 10.6 Å². The number of hydrogen-bond acceptors (Lipinski definition) is 6. The summed E-state index contributed by atoms with van der Waals surface area (Å²) in [5.74, 6) is 5.28. The molecule has 2 unspecified atom stereocenters. The average Bonchev–Trinajstić information content (AvgIpc) is 2.85. The van der Waals surface area contributed by atoms with E-state index in [-0.39, 0.29) is 11.8 Å². The standard InChI is InChI=1S/C13H20N4O3/c1-9-12(5-6-20-9)16(2)8-10-3-4-11(15-14)13(7-10)17(18)19/h3-4,7,9,12,15H,5-6,8,14H2,1-2H3. The number of benzene rings is 1. The topological polar surface area (TPSA) is 93.7 Å². The van der Waals surface area contributed by atoms with Gasteiger partial charge in [-0.1, -0.05) is 6.07 Å². The van der Waals surface area contributed by atoms with Crippen molar-refractivity contribution in [1.82, 2.24) is 4.90 Å². The predicted octanol–water partition coefficient (Wildman–Crippen LogP) is 1.49. The Labute approximate surface area is 117 Å². The molecule has 1 heterocycles. The highest BCUT2D eigenvalue weighted by Gasteiger charge is 2.28. The molecule has 7 nitrogen and oxygen atoms in total. The van der Waals surface area contributed by atoms with Crippen LogP contribution in [0.5, 0.6) is 0 Å². The van der Waals surface area contributed by atoms with Gasteiger partial charge in [-0.05, 0) is 32.0 Å². The van der Waals surface area contributed by atoms with Crippen molar-refractivity contribution in [3.8, 4) is 0 Å². The Bertz CT molecular complexity index is 495. The average molecular weight is 280 g/mol. The molecule has 1 fully saturated rings. The SMILES string of the molecule is CC1OCCC1N(C)Cc1ccc(NN)c([N+](=O)[O-])c1. The number of hydrogen-bond donors (Lipinski definition) is 2. The van der Waals surface area contributed by atoms with E-state index in [0.717, 1.165) is 18.6 Å². The summed E-state index contributed by atoms with van der Waals surface area (Å²) in [5, 5.41) is 11.0. The second-order valence-electron chi connectivity index (χ2n) is 5.10. The van der Waals surface area contributed by atoms with Crippen molar-refractivity contribution in [3.63, 3.8) is 0 Å². The van der Waals surface area contributed by atoms with Gasteiger partial charge in [0.15, 0.2) is 0 Å². The Morgan fingerprint density at radius 1 is 1.60 bits per heavy atom. The largest absolute Gasteiger partial charge is 0.377 e. The number of nitrogen functional groups attached to an aromatic ring is 1. The number of hydrazine groups is 1. The van der Waals surface area contributed by atoms with Gasteiger partial charge in [0, 0.05) is 25.3 Å². The molecule has 0 aromatic heterocycles. The number of nitrogens with two attached hydrogens (primary N) is 1. The van der Waals surface area contributed by atoms with Gasteiger partial charge in [0.2, 0.25) is 0 Å². The molecule has 0 aliphatic carbocycles. The molecule has 1 aromatic carbocycles. The van der Waals surface area contributed by atoms with Crippen LogP contribution in [0.2, 0.25) is 0 Å². The molecule has 3 N–H and O–H groups in total. The van der Waals surface area contributed by atoms with Crippen LogP contribution in [0, 0.1) is 10.1 Å². The van der Waals surface area contributed by atoms with Crippen LogP contribution in [-0.2, 0) is 11.3 Å². The van der Waals surface area contributed by atoms with Crippen molar-refractivity contribution < 1.29 is 9.66 Å². The van der Waals surface area contributed by atoms with E-state index < -0.39 is 4.92 Å². The molecule has 0 bridgehead atoms. The molecule has 1 aromatic rings. The maximum Gasteiger partial charge on any atom is 0.293 e. The number of likely N-dealkylation sites (N-methyl/N-ethyl adjacent to an activating group) is 1. The first-order valence-electron chi connectivity index (χ1n) is 6.58. The summed E-state index contributed by atoms with van der Waals surface area (Å²) < 4.78 is 5.55. The summed E-state index contributed by atoms with van der Waals surface area (Å²) >= 11 is 0. The zero-order valence-electron chi connectivity index (χ0n) is 11.7. The molecule has 7 heteroatoms. The van der Waals surface area contributed by atoms with Gasteiger partial charge in [0.25, 0.3) is 5.69 Å². The maximum atomic E-state index is 11.0. The summed E-state index contributed by atoms with van der Waals surface area (Å²) in [5.41, 5.74) is 3.54. The molecule has 110 valence electrons. The number of rotatable bonds is 5. The lowest BCUT2D eigenvalue weighted by Gasteiger charge is -2.26. The van der Waals surface area contributed by atoms with Crippen molar-refractivity contribution in [2.75, 3.05) is 19.1 Å². The highest BCUT2D eigenvalue weighted by molar-refractivity contribution is 5.61. The van der Waals surface area contributed by atoms with Crippen molar-refractivity contribution in [1.29, 1.82) is 0 Å². The summed E-state index contributed by atoms with van der Waals surface area (Å²) in [6.07, 6.45) is 1.18. The van der Waals surface area contributed by atoms with Crippen LogP contribution in [-0.4, -0.2) is 35.6 Å². The van der Waals surface area contributed by atoms with Gasteiger partial charge in [-0.3, -0.25) is 20.9 Å². The number of anilines is 1. The summed E-state index contributed by atoms with van der Waals surface area (Å²) in [7, 11) is 2.01. The van der Waals surface area contributed by atoms with E-state index in [1.54, 1.807) is 12.1 Å². The maximum absolute atomic E-state index is 11.0. The number of nitrogens with zero attached hydrogens (tertiary/aromatic N) is 2. The molecule has 1 saturated heterocycles. The lowest BCUT2D eigenvalue weighted by molar-refractivity contribution is -0.384. The molecular formula is C13H20N4O3. The summed E-state index contributed by atoms with van der Waals surface area (Å²) in [6, 6.07) is 5.39. The van der Waals surface area contributed by atoms with Crippen LogP contribution in [0.1, 0.15) is 18.9 Å². The second kappa shape index (κ2) is 6.17. The van der Waals surface area contributed by atoms with Gasteiger partial charge in [0.1, 0.15) is 5.69 Å². The molecule has 1 aliphatic heterocycles. The minimum atomic E-state index is -0.431. The minimum absolute atomic E-state index is 0.00544. The van der Waals surface area contributed by atoms with Gasteiger partial charge < -0.3 is 10.2 Å². The Kier molecular flexibility index (Phi) is 4.53. The Balaban J connectivity index is 2.13. The van der Waals surface area contributed by atoms with Gasteiger partial charge in [-0.2, -0.15) is 0 Å². The Hall–Kier alpha value is -1.70. The number of nitrogens with one attached hydrogen (secondary N) is 1. The van der Waals surface area contributed by atoms with E-state index in [9.17, 15) is 10.1 Å². The fourth-order valence-corrected chi connectivity index (χ4v) is 2.65. The fourth-order valence-electron chi connectivity index (χ4n) is 2.65. The number of nitro benzene ring substituents is 1. The second-order valence-corrected chi connectivity index (χ2v) is 5.10. The van der Waals surface area contributed by atoms with E-state index in [2.05, 4.69) is 17.2 Å². The lowest BCUT2D eigenvalue weighted by atomic mass is 10.1. The van der Waals surface area contributed by atoms with Crippen molar-refractivity contribution >= 4 is 11.4 Å². The third-order valence-corrected chi connectivity index (χ3v) is 3.75. The minimum Gasteiger partial charge on any atom is -0.377 e. The third kappa shape index (κ3) is 3.06.